The zero-order valence-corrected chi connectivity index (χ0v) is 11.4. The number of ketones is 2. The third-order valence-corrected chi connectivity index (χ3v) is 5.20. The fraction of sp³-hybridized carbons (Fsp3) is 0.714. The summed E-state index contributed by atoms with van der Waals surface area (Å²) in [6.07, 6.45) is 0.693. The zero-order valence-electron chi connectivity index (χ0n) is 11.4. The second-order valence-corrected chi connectivity index (χ2v) is 6.09. The summed E-state index contributed by atoms with van der Waals surface area (Å²) >= 11 is 0. The highest BCUT2D eigenvalue weighted by atomic mass is 16.5. The second-order valence-electron chi connectivity index (χ2n) is 6.09. The maximum absolute atomic E-state index is 12.5. The van der Waals surface area contributed by atoms with Crippen molar-refractivity contribution in [2.45, 2.75) is 25.7 Å². The van der Waals surface area contributed by atoms with Gasteiger partial charge < -0.3 is 9.47 Å². The van der Waals surface area contributed by atoms with E-state index in [0.29, 0.717) is 6.42 Å². The van der Waals surface area contributed by atoms with Gasteiger partial charge in [0, 0.05) is 11.8 Å². The Morgan fingerprint density at radius 1 is 0.950 bits per heavy atom. The Hall–Kier alpha value is -1.72. The van der Waals surface area contributed by atoms with Crippen LogP contribution in [0.1, 0.15) is 25.7 Å². The van der Waals surface area contributed by atoms with Crippen LogP contribution in [-0.2, 0) is 28.7 Å². The monoisotopic (exact) mass is 280 g/mol. The van der Waals surface area contributed by atoms with Crippen LogP contribution in [0.3, 0.4) is 0 Å². The first-order valence-corrected chi connectivity index (χ1v) is 6.67. The van der Waals surface area contributed by atoms with Crippen molar-refractivity contribution in [2.24, 2.45) is 22.7 Å². The molecule has 0 aromatic carbocycles. The van der Waals surface area contributed by atoms with Gasteiger partial charge in [0.2, 0.25) is 0 Å². The molecular formula is C14H16O6. The lowest BCUT2D eigenvalue weighted by Crippen LogP contribution is -2.67. The molecule has 4 saturated carbocycles. The van der Waals surface area contributed by atoms with Gasteiger partial charge in [0.1, 0.15) is 10.8 Å². The molecule has 4 fully saturated rings. The predicted molar refractivity (Wildman–Crippen MR) is 64.4 cm³/mol. The van der Waals surface area contributed by atoms with E-state index in [1.165, 1.54) is 14.2 Å². The molecule has 20 heavy (non-hydrogen) atoms. The van der Waals surface area contributed by atoms with Crippen molar-refractivity contribution in [3.05, 3.63) is 0 Å². The molecule has 6 nitrogen and oxygen atoms in total. The molecule has 0 aromatic heterocycles. The van der Waals surface area contributed by atoms with Crippen LogP contribution in [0.15, 0.2) is 0 Å². The maximum Gasteiger partial charge on any atom is 0.319 e. The summed E-state index contributed by atoms with van der Waals surface area (Å²) in [5.74, 6) is -2.44. The van der Waals surface area contributed by atoms with Crippen LogP contribution in [0.5, 0.6) is 0 Å². The van der Waals surface area contributed by atoms with Crippen molar-refractivity contribution in [3.8, 4) is 0 Å². The topological polar surface area (TPSA) is 86.7 Å². The van der Waals surface area contributed by atoms with E-state index in [1.807, 2.05) is 0 Å². The molecule has 0 aromatic rings. The van der Waals surface area contributed by atoms with E-state index in [4.69, 9.17) is 9.47 Å². The molecular weight excluding hydrogens is 264 g/mol. The fourth-order valence-corrected chi connectivity index (χ4v) is 4.47. The third kappa shape index (κ3) is 1.29. The summed E-state index contributed by atoms with van der Waals surface area (Å²) in [4.78, 5) is 49.2. The van der Waals surface area contributed by atoms with Crippen LogP contribution in [0.25, 0.3) is 0 Å². The molecule has 4 atom stereocenters. The van der Waals surface area contributed by atoms with E-state index in [1.54, 1.807) is 0 Å². The van der Waals surface area contributed by atoms with Gasteiger partial charge in [0.15, 0.2) is 11.6 Å². The molecule has 0 unspecified atom stereocenters. The molecule has 0 amide bonds. The van der Waals surface area contributed by atoms with Gasteiger partial charge in [-0.05, 0) is 25.7 Å². The van der Waals surface area contributed by atoms with Crippen LogP contribution in [0.4, 0.5) is 0 Å². The highest BCUT2D eigenvalue weighted by Crippen LogP contribution is 2.62. The minimum absolute atomic E-state index is 0.0932. The maximum atomic E-state index is 12.5. The number of carbonyl (C=O) groups excluding carboxylic acids is 4. The van der Waals surface area contributed by atoms with E-state index in [2.05, 4.69) is 0 Å². The Labute approximate surface area is 115 Å². The zero-order chi connectivity index (χ0) is 14.7. The Kier molecular flexibility index (Phi) is 2.59. The van der Waals surface area contributed by atoms with E-state index in [9.17, 15) is 19.2 Å². The Balaban J connectivity index is 2.13. The average molecular weight is 280 g/mol. The van der Waals surface area contributed by atoms with Crippen LogP contribution >= 0.6 is 0 Å². The molecule has 4 aliphatic carbocycles. The predicted octanol–water partition coefficient (Wildman–Crippen LogP) is 0.277. The number of carbonyl (C=O) groups is 4. The second kappa shape index (κ2) is 3.90. The van der Waals surface area contributed by atoms with Crippen LogP contribution < -0.4 is 0 Å². The first kappa shape index (κ1) is 13.3. The first-order valence-electron chi connectivity index (χ1n) is 6.67. The number of esters is 2. The minimum atomic E-state index is -1.33. The number of hydrogen-bond donors (Lipinski definition) is 0. The van der Waals surface area contributed by atoms with Gasteiger partial charge in [-0.3, -0.25) is 19.2 Å². The molecule has 0 radical (unpaired) electrons. The minimum Gasteiger partial charge on any atom is -0.468 e. The summed E-state index contributed by atoms with van der Waals surface area (Å²) < 4.78 is 9.55. The Bertz CT molecular complexity index is 492. The van der Waals surface area contributed by atoms with Gasteiger partial charge in [0.05, 0.1) is 14.2 Å². The Morgan fingerprint density at radius 3 is 1.70 bits per heavy atom. The summed E-state index contributed by atoms with van der Waals surface area (Å²) in [6, 6.07) is 0. The molecule has 6 heteroatoms. The van der Waals surface area contributed by atoms with E-state index < -0.39 is 34.6 Å². The lowest BCUT2D eigenvalue weighted by atomic mass is 9.43. The fourth-order valence-electron chi connectivity index (χ4n) is 4.47. The van der Waals surface area contributed by atoms with Gasteiger partial charge >= 0.3 is 11.9 Å². The molecule has 4 aliphatic rings. The molecule has 108 valence electrons. The van der Waals surface area contributed by atoms with Crippen LogP contribution in [-0.4, -0.2) is 37.7 Å². The van der Waals surface area contributed by atoms with Crippen molar-refractivity contribution in [3.63, 3.8) is 0 Å². The van der Waals surface area contributed by atoms with E-state index in [0.717, 1.165) is 0 Å². The summed E-state index contributed by atoms with van der Waals surface area (Å²) in [6.45, 7) is 0. The summed E-state index contributed by atoms with van der Waals surface area (Å²) in [5.41, 5.74) is -2.66. The van der Waals surface area contributed by atoms with Crippen molar-refractivity contribution >= 4 is 23.5 Å². The number of ether oxygens (including phenoxy) is 2. The number of rotatable bonds is 2. The molecule has 0 N–H and O–H groups in total. The van der Waals surface area contributed by atoms with Gasteiger partial charge in [-0.2, -0.15) is 0 Å². The largest absolute Gasteiger partial charge is 0.468 e. The number of Topliss-reactive ketones (excluding diaryl/α,β-unsaturated/α-hetero) is 2. The van der Waals surface area contributed by atoms with Crippen molar-refractivity contribution < 1.29 is 28.7 Å². The highest BCUT2D eigenvalue weighted by Gasteiger charge is 2.72. The smallest absolute Gasteiger partial charge is 0.319 e. The molecule has 4 bridgehead atoms. The van der Waals surface area contributed by atoms with Crippen molar-refractivity contribution in [1.29, 1.82) is 0 Å². The normalized spacial score (nSPS) is 41.7. The number of hydrogen-bond acceptors (Lipinski definition) is 6. The molecule has 0 saturated heterocycles. The molecule has 4 rings (SSSR count). The average Bonchev–Trinajstić information content (AvgIpc) is 2.44. The molecule has 0 spiro atoms. The first-order chi connectivity index (χ1) is 9.41. The van der Waals surface area contributed by atoms with E-state index in [-0.39, 0.29) is 30.8 Å². The van der Waals surface area contributed by atoms with E-state index >= 15 is 0 Å². The number of methoxy groups -OCH3 is 2. The summed E-state index contributed by atoms with van der Waals surface area (Å²) in [5, 5.41) is 0. The van der Waals surface area contributed by atoms with Crippen LogP contribution in [0, 0.1) is 22.7 Å². The van der Waals surface area contributed by atoms with Gasteiger partial charge in [-0.1, -0.05) is 0 Å². The van der Waals surface area contributed by atoms with Crippen molar-refractivity contribution in [1.82, 2.24) is 0 Å². The van der Waals surface area contributed by atoms with Gasteiger partial charge in [0.25, 0.3) is 0 Å². The lowest BCUT2D eigenvalue weighted by molar-refractivity contribution is -0.192. The Morgan fingerprint density at radius 2 is 1.35 bits per heavy atom. The summed E-state index contributed by atoms with van der Waals surface area (Å²) in [7, 11) is 2.45. The SMILES string of the molecule is COC(=O)[C@]12C[C@H]3C[C@H](C[C@@](C(=O)OC)(C1)C3=O)C2=O. The van der Waals surface area contributed by atoms with Crippen LogP contribution in [0.2, 0.25) is 0 Å². The lowest BCUT2D eigenvalue weighted by Gasteiger charge is -2.56. The third-order valence-electron chi connectivity index (χ3n) is 5.20. The van der Waals surface area contributed by atoms with Crippen molar-refractivity contribution in [2.75, 3.05) is 14.2 Å². The molecule has 0 heterocycles. The van der Waals surface area contributed by atoms with Gasteiger partial charge in [-0.25, -0.2) is 0 Å². The quantitative estimate of drug-likeness (QED) is 0.533. The standard InChI is InChI=1S/C14H16O6/c1-19-11(17)13-4-7-3-8(9(13)15)5-14(6-13,10(7)16)12(18)20-2/h7-8H,3-6H2,1-2H3/t7-,8-,13-,14-/m1/s1. The van der Waals surface area contributed by atoms with Gasteiger partial charge in [-0.15, -0.1) is 0 Å². The highest BCUT2D eigenvalue weighted by molar-refractivity contribution is 6.16. The molecule has 0 aliphatic heterocycles.